The number of carboxylic acid groups (broad SMARTS) is 1. The van der Waals surface area contributed by atoms with Crippen LogP contribution in [0.5, 0.6) is 0 Å². The SMILES string of the molecule is CC[C@H](NC(=O)[C@H]1N(S(C)(=O)=O)CSC1(C)C)C(=O)O. The summed E-state index contributed by atoms with van der Waals surface area (Å²) in [5.41, 5.74) is 0. The summed E-state index contributed by atoms with van der Waals surface area (Å²) in [6.45, 7) is 5.19. The summed E-state index contributed by atoms with van der Waals surface area (Å²) in [5.74, 6) is -1.51. The monoisotopic (exact) mass is 324 g/mol. The molecule has 0 aromatic carbocycles. The van der Waals surface area contributed by atoms with Gasteiger partial charge in [-0.2, -0.15) is 4.31 Å². The average molecular weight is 324 g/mol. The number of hydrogen-bond donors (Lipinski definition) is 2. The maximum Gasteiger partial charge on any atom is 0.326 e. The van der Waals surface area contributed by atoms with E-state index in [1.54, 1.807) is 20.8 Å². The number of thioether (sulfide) groups is 1. The molecule has 0 aliphatic carbocycles. The van der Waals surface area contributed by atoms with Crippen LogP contribution in [0.25, 0.3) is 0 Å². The van der Waals surface area contributed by atoms with E-state index >= 15 is 0 Å². The molecule has 1 fully saturated rings. The predicted molar refractivity (Wildman–Crippen MR) is 76.9 cm³/mol. The van der Waals surface area contributed by atoms with E-state index in [0.29, 0.717) is 0 Å². The lowest BCUT2D eigenvalue weighted by molar-refractivity contribution is -0.142. The van der Waals surface area contributed by atoms with Gasteiger partial charge in [-0.05, 0) is 20.3 Å². The van der Waals surface area contributed by atoms with Crippen molar-refractivity contribution in [2.75, 3.05) is 12.1 Å². The maximum atomic E-state index is 12.3. The first-order valence-electron chi connectivity index (χ1n) is 6.14. The molecular weight excluding hydrogens is 304 g/mol. The number of nitrogens with zero attached hydrogens (tertiary/aromatic N) is 1. The van der Waals surface area contributed by atoms with Crippen molar-refractivity contribution in [2.24, 2.45) is 0 Å². The molecular formula is C11H20N2O5S2. The molecule has 116 valence electrons. The van der Waals surface area contributed by atoms with Crippen LogP contribution in [-0.2, 0) is 19.6 Å². The van der Waals surface area contributed by atoms with E-state index in [1.807, 2.05) is 0 Å². The van der Waals surface area contributed by atoms with Crippen LogP contribution in [-0.4, -0.2) is 58.7 Å². The van der Waals surface area contributed by atoms with Gasteiger partial charge in [-0.3, -0.25) is 4.79 Å². The number of carboxylic acids is 1. The summed E-state index contributed by atoms with van der Waals surface area (Å²) in [4.78, 5) is 23.3. The predicted octanol–water partition coefficient (Wildman–Crippen LogP) is 0.0789. The second-order valence-corrected chi connectivity index (χ2v) is 8.77. The van der Waals surface area contributed by atoms with Crippen molar-refractivity contribution in [3.63, 3.8) is 0 Å². The quantitative estimate of drug-likeness (QED) is 0.742. The van der Waals surface area contributed by atoms with E-state index < -0.39 is 38.7 Å². The summed E-state index contributed by atoms with van der Waals surface area (Å²) in [5, 5.41) is 11.4. The smallest absolute Gasteiger partial charge is 0.326 e. The van der Waals surface area contributed by atoms with Gasteiger partial charge in [0.1, 0.15) is 12.1 Å². The molecule has 0 unspecified atom stereocenters. The lowest BCUT2D eigenvalue weighted by atomic mass is 10.0. The fourth-order valence-electron chi connectivity index (χ4n) is 2.05. The van der Waals surface area contributed by atoms with Crippen molar-refractivity contribution in [1.29, 1.82) is 0 Å². The van der Waals surface area contributed by atoms with Gasteiger partial charge in [0.15, 0.2) is 0 Å². The zero-order valence-electron chi connectivity index (χ0n) is 11.9. The molecule has 1 aliphatic heterocycles. The number of rotatable bonds is 5. The van der Waals surface area contributed by atoms with Gasteiger partial charge >= 0.3 is 5.97 Å². The zero-order valence-corrected chi connectivity index (χ0v) is 13.5. The number of hydrogen-bond acceptors (Lipinski definition) is 5. The van der Waals surface area contributed by atoms with Crippen LogP contribution in [0.3, 0.4) is 0 Å². The summed E-state index contributed by atoms with van der Waals surface area (Å²) >= 11 is 1.35. The van der Waals surface area contributed by atoms with Crippen molar-refractivity contribution in [2.45, 2.75) is 44.0 Å². The third kappa shape index (κ3) is 3.64. The molecule has 1 amide bonds. The second-order valence-electron chi connectivity index (χ2n) is 5.24. The largest absolute Gasteiger partial charge is 0.480 e. The van der Waals surface area contributed by atoms with E-state index in [2.05, 4.69) is 5.32 Å². The fourth-order valence-corrected chi connectivity index (χ4v) is 4.79. The second kappa shape index (κ2) is 5.90. The topological polar surface area (TPSA) is 104 Å². The molecule has 0 radical (unpaired) electrons. The number of nitrogens with one attached hydrogen (secondary N) is 1. The molecule has 1 saturated heterocycles. The molecule has 0 spiro atoms. The number of sulfonamides is 1. The van der Waals surface area contributed by atoms with Gasteiger partial charge in [-0.15, -0.1) is 11.8 Å². The van der Waals surface area contributed by atoms with Gasteiger partial charge in [0.2, 0.25) is 15.9 Å². The lowest BCUT2D eigenvalue weighted by Gasteiger charge is -2.29. The molecule has 0 saturated carbocycles. The Bertz CT molecular complexity index is 503. The molecule has 1 heterocycles. The maximum absolute atomic E-state index is 12.3. The van der Waals surface area contributed by atoms with Crippen LogP contribution < -0.4 is 5.32 Å². The van der Waals surface area contributed by atoms with Crippen molar-refractivity contribution in [3.8, 4) is 0 Å². The number of amides is 1. The van der Waals surface area contributed by atoms with Gasteiger partial charge in [0, 0.05) is 4.75 Å². The van der Waals surface area contributed by atoms with Crippen LogP contribution in [0, 0.1) is 0 Å². The van der Waals surface area contributed by atoms with Crippen LogP contribution >= 0.6 is 11.8 Å². The van der Waals surface area contributed by atoms with Gasteiger partial charge in [-0.1, -0.05) is 6.92 Å². The highest BCUT2D eigenvalue weighted by atomic mass is 32.2. The molecule has 20 heavy (non-hydrogen) atoms. The van der Waals surface area contributed by atoms with E-state index in [4.69, 9.17) is 5.11 Å². The highest BCUT2D eigenvalue weighted by Crippen LogP contribution is 2.40. The highest BCUT2D eigenvalue weighted by molar-refractivity contribution is 8.02. The van der Waals surface area contributed by atoms with Gasteiger partial charge in [0.05, 0.1) is 12.1 Å². The molecule has 2 atom stereocenters. The van der Waals surface area contributed by atoms with E-state index in [-0.39, 0.29) is 12.3 Å². The Morgan fingerprint density at radius 1 is 1.50 bits per heavy atom. The number of carbonyl (C=O) groups excluding carboxylic acids is 1. The molecule has 0 aromatic heterocycles. The van der Waals surface area contributed by atoms with E-state index in [9.17, 15) is 18.0 Å². The van der Waals surface area contributed by atoms with E-state index in [0.717, 1.165) is 10.6 Å². The minimum absolute atomic E-state index is 0.188. The van der Waals surface area contributed by atoms with Gasteiger partial charge < -0.3 is 10.4 Å². The zero-order chi connectivity index (χ0) is 15.7. The van der Waals surface area contributed by atoms with Gasteiger partial charge in [0.25, 0.3) is 0 Å². The summed E-state index contributed by atoms with van der Waals surface area (Å²) < 4.78 is 24.0. The number of aliphatic carboxylic acids is 1. The van der Waals surface area contributed by atoms with Crippen LogP contribution in [0.2, 0.25) is 0 Å². The normalized spacial score (nSPS) is 24.3. The summed E-state index contributed by atoms with van der Waals surface area (Å²) in [6, 6.07) is -1.92. The Morgan fingerprint density at radius 3 is 2.45 bits per heavy atom. The molecule has 0 aromatic rings. The van der Waals surface area contributed by atoms with Crippen molar-refractivity contribution in [3.05, 3.63) is 0 Å². The third-order valence-electron chi connectivity index (χ3n) is 3.21. The first-order valence-corrected chi connectivity index (χ1v) is 8.98. The molecule has 0 bridgehead atoms. The molecule has 2 N–H and O–H groups in total. The standard InChI is InChI=1S/C11H20N2O5S2/c1-5-7(10(15)16)12-9(14)8-11(2,3)19-6-13(8)20(4,17)18/h7-8H,5-6H2,1-4H3,(H,12,14)(H,15,16)/t7-,8+/m0/s1. The molecule has 9 heteroatoms. The average Bonchev–Trinajstić information content (AvgIpc) is 2.60. The Balaban J connectivity index is 3.00. The molecule has 1 aliphatic rings. The van der Waals surface area contributed by atoms with Crippen LogP contribution in [0.15, 0.2) is 0 Å². The first kappa shape index (κ1) is 17.3. The third-order valence-corrected chi connectivity index (χ3v) is 5.94. The van der Waals surface area contributed by atoms with Crippen LogP contribution in [0.4, 0.5) is 0 Å². The number of carbonyl (C=O) groups is 2. The Morgan fingerprint density at radius 2 is 2.05 bits per heavy atom. The van der Waals surface area contributed by atoms with Crippen molar-refractivity contribution < 1.29 is 23.1 Å². The Labute approximate surface area is 123 Å². The summed E-state index contributed by atoms with van der Waals surface area (Å²) in [7, 11) is -3.53. The van der Waals surface area contributed by atoms with Crippen LogP contribution in [0.1, 0.15) is 27.2 Å². The minimum atomic E-state index is -3.53. The Hall–Kier alpha value is -0.800. The van der Waals surface area contributed by atoms with Gasteiger partial charge in [-0.25, -0.2) is 13.2 Å². The molecule has 1 rings (SSSR count). The molecule has 7 nitrogen and oxygen atoms in total. The lowest BCUT2D eigenvalue weighted by Crippen LogP contribution is -2.56. The van der Waals surface area contributed by atoms with Crippen molar-refractivity contribution in [1.82, 2.24) is 9.62 Å². The Kier molecular flexibility index (Phi) is 5.09. The van der Waals surface area contributed by atoms with E-state index in [1.165, 1.54) is 11.8 Å². The minimum Gasteiger partial charge on any atom is -0.480 e. The fraction of sp³-hybridized carbons (Fsp3) is 0.818. The first-order chi connectivity index (χ1) is 9.00. The highest BCUT2D eigenvalue weighted by Gasteiger charge is 2.49. The summed E-state index contributed by atoms with van der Waals surface area (Å²) in [6.07, 6.45) is 1.28. The van der Waals surface area contributed by atoms with Crippen molar-refractivity contribution >= 4 is 33.7 Å².